The largest absolute Gasteiger partial charge is 0.480 e. The van der Waals surface area contributed by atoms with Gasteiger partial charge in [0.2, 0.25) is 0 Å². The molecule has 1 N–H and O–H groups in total. The minimum atomic E-state index is -0.636. The van der Waals surface area contributed by atoms with E-state index in [0.717, 1.165) is 0 Å². The molecule has 0 aliphatic carbocycles. The fourth-order valence-corrected chi connectivity index (χ4v) is 1.01. The molecule has 1 aromatic carbocycles. The van der Waals surface area contributed by atoms with Crippen LogP contribution in [0.3, 0.4) is 0 Å². The lowest BCUT2D eigenvalue weighted by Crippen LogP contribution is -2.16. The number of para-hydroxylation sites is 1. The van der Waals surface area contributed by atoms with Crippen molar-refractivity contribution in [3.63, 3.8) is 0 Å². The van der Waals surface area contributed by atoms with Crippen LogP contribution in [0.1, 0.15) is 5.56 Å². The Morgan fingerprint density at radius 2 is 2.35 bits per heavy atom. The number of hydrogen-bond donors (Lipinski definition) is 1. The maximum Gasteiger partial charge on any atom is 0.433 e. The van der Waals surface area contributed by atoms with Gasteiger partial charge in [0.05, 0.1) is 6.21 Å². The van der Waals surface area contributed by atoms with E-state index in [1.165, 1.54) is 13.3 Å². The molecule has 0 atom stereocenters. The van der Waals surface area contributed by atoms with E-state index < -0.39 is 6.09 Å². The summed E-state index contributed by atoms with van der Waals surface area (Å²) < 4.78 is 5.29. The van der Waals surface area contributed by atoms with E-state index >= 15 is 0 Å². The van der Waals surface area contributed by atoms with Crippen molar-refractivity contribution in [2.75, 3.05) is 13.7 Å². The molecule has 88 valence electrons. The minimum absolute atomic E-state index is 0.168. The van der Waals surface area contributed by atoms with Gasteiger partial charge in [-0.25, -0.2) is 4.79 Å². The predicted octanol–water partition coefficient (Wildman–Crippen LogP) is 1.39. The third kappa shape index (κ3) is 4.26. The molecule has 0 unspecified atom stereocenters. The zero-order chi connectivity index (χ0) is 12.5. The van der Waals surface area contributed by atoms with Crippen LogP contribution < -0.4 is 10.1 Å². The molecule has 0 aliphatic heterocycles. The number of hydrogen-bond acceptors (Lipinski definition) is 4. The van der Waals surface area contributed by atoms with E-state index in [1.54, 1.807) is 12.1 Å². The van der Waals surface area contributed by atoms with Gasteiger partial charge in [-0.15, -0.1) is 6.42 Å². The van der Waals surface area contributed by atoms with Crippen molar-refractivity contribution in [3.05, 3.63) is 29.8 Å². The Bertz CT molecular complexity index is 449. The molecule has 0 bridgehead atoms. The van der Waals surface area contributed by atoms with Crippen LogP contribution in [0, 0.1) is 12.3 Å². The van der Waals surface area contributed by atoms with Crippen LogP contribution in [0.2, 0.25) is 0 Å². The molecule has 0 saturated carbocycles. The normalized spacial score (nSPS) is 9.65. The highest BCUT2D eigenvalue weighted by molar-refractivity contribution is 5.83. The number of nitrogens with zero attached hydrogens (tertiary/aromatic N) is 1. The van der Waals surface area contributed by atoms with Gasteiger partial charge in [-0.3, -0.25) is 4.84 Å². The quantitative estimate of drug-likeness (QED) is 0.369. The van der Waals surface area contributed by atoms with Crippen molar-refractivity contribution in [2.45, 2.75) is 0 Å². The Labute approximate surface area is 99.4 Å². The highest BCUT2D eigenvalue weighted by atomic mass is 16.7. The summed E-state index contributed by atoms with van der Waals surface area (Å²) in [6, 6.07) is 7.13. The van der Waals surface area contributed by atoms with Gasteiger partial charge >= 0.3 is 6.09 Å². The number of nitrogens with one attached hydrogen (secondary N) is 1. The van der Waals surface area contributed by atoms with Gasteiger partial charge in [-0.05, 0) is 12.1 Å². The lowest BCUT2D eigenvalue weighted by molar-refractivity contribution is 0.154. The molecule has 1 aromatic rings. The van der Waals surface area contributed by atoms with Crippen LogP contribution in [0.4, 0.5) is 4.79 Å². The van der Waals surface area contributed by atoms with Gasteiger partial charge in [0, 0.05) is 12.6 Å². The highest BCUT2D eigenvalue weighted by Gasteiger charge is 2.00. The minimum Gasteiger partial charge on any atom is -0.480 e. The summed E-state index contributed by atoms with van der Waals surface area (Å²) in [6.07, 6.45) is 5.84. The number of carbonyl (C=O) groups is 1. The number of benzene rings is 1. The molecule has 0 aromatic heterocycles. The SMILES string of the molecule is C#CCOc1ccccc1/C=N/OC(=O)NC. The molecule has 5 heteroatoms. The average molecular weight is 232 g/mol. The van der Waals surface area contributed by atoms with Crippen molar-refractivity contribution in [2.24, 2.45) is 5.16 Å². The number of rotatable bonds is 4. The third-order valence-electron chi connectivity index (χ3n) is 1.76. The van der Waals surface area contributed by atoms with Gasteiger partial charge in [-0.1, -0.05) is 23.2 Å². The standard InChI is InChI=1S/C12H12N2O3/c1-3-8-16-11-7-5-4-6-10(11)9-14-17-12(15)13-2/h1,4-7,9H,8H2,2H3,(H,13,15)/b14-9+. The van der Waals surface area contributed by atoms with Gasteiger partial charge < -0.3 is 10.1 Å². The fraction of sp³-hybridized carbons (Fsp3) is 0.167. The second-order valence-electron chi connectivity index (χ2n) is 2.89. The lowest BCUT2D eigenvalue weighted by Gasteiger charge is -2.04. The number of terminal acetylenes is 1. The van der Waals surface area contributed by atoms with Crippen molar-refractivity contribution in [1.82, 2.24) is 5.32 Å². The summed E-state index contributed by atoms with van der Waals surface area (Å²) in [5.74, 6) is 2.94. The maximum absolute atomic E-state index is 10.8. The Morgan fingerprint density at radius 1 is 1.59 bits per heavy atom. The number of ether oxygens (including phenoxy) is 1. The van der Waals surface area contributed by atoms with Crippen LogP contribution in [0.5, 0.6) is 5.75 Å². The van der Waals surface area contributed by atoms with Crippen LogP contribution in [0.15, 0.2) is 29.4 Å². The molecule has 0 heterocycles. The van der Waals surface area contributed by atoms with Crippen LogP contribution >= 0.6 is 0 Å². The van der Waals surface area contributed by atoms with E-state index in [2.05, 4.69) is 21.2 Å². The summed E-state index contributed by atoms with van der Waals surface area (Å²) in [6.45, 7) is 0.168. The smallest absolute Gasteiger partial charge is 0.433 e. The Kier molecular flexibility index (Phi) is 5.11. The number of oxime groups is 1. The highest BCUT2D eigenvalue weighted by Crippen LogP contribution is 2.15. The fourth-order valence-electron chi connectivity index (χ4n) is 1.01. The molecule has 1 rings (SSSR count). The Balaban J connectivity index is 2.69. The van der Waals surface area contributed by atoms with Crippen LogP contribution in [-0.2, 0) is 4.84 Å². The maximum atomic E-state index is 10.8. The molecule has 0 fully saturated rings. The Hall–Kier alpha value is -2.48. The predicted molar refractivity (Wildman–Crippen MR) is 63.9 cm³/mol. The molecule has 5 nitrogen and oxygen atoms in total. The molecule has 0 saturated heterocycles. The molecule has 0 spiro atoms. The molecular formula is C12H12N2O3. The van der Waals surface area contributed by atoms with Crippen molar-refractivity contribution < 1.29 is 14.4 Å². The van der Waals surface area contributed by atoms with E-state index in [-0.39, 0.29) is 6.61 Å². The number of amides is 1. The van der Waals surface area contributed by atoms with Crippen molar-refractivity contribution in [3.8, 4) is 18.1 Å². The summed E-state index contributed by atoms with van der Waals surface area (Å²) >= 11 is 0. The first-order chi connectivity index (χ1) is 8.27. The first-order valence-electron chi connectivity index (χ1n) is 4.85. The summed E-state index contributed by atoms with van der Waals surface area (Å²) in [5.41, 5.74) is 0.673. The first-order valence-corrected chi connectivity index (χ1v) is 4.85. The van der Waals surface area contributed by atoms with E-state index in [9.17, 15) is 4.79 Å². The molecule has 0 aliphatic rings. The number of carbonyl (C=O) groups excluding carboxylic acids is 1. The van der Waals surface area contributed by atoms with E-state index in [1.807, 2.05) is 12.1 Å². The van der Waals surface area contributed by atoms with E-state index in [0.29, 0.717) is 11.3 Å². The molecule has 17 heavy (non-hydrogen) atoms. The topological polar surface area (TPSA) is 59.9 Å². The second kappa shape index (κ2) is 6.90. The second-order valence-corrected chi connectivity index (χ2v) is 2.89. The lowest BCUT2D eigenvalue weighted by atomic mass is 10.2. The van der Waals surface area contributed by atoms with Gasteiger partial charge in [0.1, 0.15) is 12.4 Å². The molecule has 1 amide bonds. The van der Waals surface area contributed by atoms with Crippen LogP contribution in [0.25, 0.3) is 0 Å². The van der Waals surface area contributed by atoms with E-state index in [4.69, 9.17) is 11.2 Å². The van der Waals surface area contributed by atoms with Gasteiger partial charge in [-0.2, -0.15) is 0 Å². The third-order valence-corrected chi connectivity index (χ3v) is 1.76. The van der Waals surface area contributed by atoms with Gasteiger partial charge in [0.15, 0.2) is 0 Å². The average Bonchev–Trinajstić information content (AvgIpc) is 2.37. The zero-order valence-electron chi connectivity index (χ0n) is 9.34. The first kappa shape index (κ1) is 12.6. The van der Waals surface area contributed by atoms with Crippen molar-refractivity contribution in [1.29, 1.82) is 0 Å². The monoisotopic (exact) mass is 232 g/mol. The Morgan fingerprint density at radius 3 is 3.06 bits per heavy atom. The summed E-state index contributed by atoms with van der Waals surface area (Å²) in [4.78, 5) is 15.2. The molecular weight excluding hydrogens is 220 g/mol. The zero-order valence-corrected chi connectivity index (χ0v) is 9.34. The summed E-state index contributed by atoms with van der Waals surface area (Å²) in [7, 11) is 1.45. The molecule has 0 radical (unpaired) electrons. The van der Waals surface area contributed by atoms with Crippen LogP contribution in [-0.4, -0.2) is 26.0 Å². The van der Waals surface area contributed by atoms with Gasteiger partial charge in [0.25, 0.3) is 0 Å². The summed E-state index contributed by atoms with van der Waals surface area (Å²) in [5, 5.41) is 5.78. The van der Waals surface area contributed by atoms with Crippen molar-refractivity contribution >= 4 is 12.3 Å².